The van der Waals surface area contributed by atoms with Crippen LogP contribution in [0.2, 0.25) is 0 Å². The van der Waals surface area contributed by atoms with Gasteiger partial charge in [0.1, 0.15) is 0 Å². The summed E-state index contributed by atoms with van der Waals surface area (Å²) < 4.78 is 4.97. The van der Waals surface area contributed by atoms with Crippen LogP contribution in [-0.2, 0) is 14.3 Å². The molecule has 1 aromatic rings. The Morgan fingerprint density at radius 2 is 2.29 bits per heavy atom. The molecule has 0 radical (unpaired) electrons. The predicted octanol–water partition coefficient (Wildman–Crippen LogP) is 1.50. The normalized spacial score (nSPS) is 18.2. The van der Waals surface area contributed by atoms with E-state index in [2.05, 4.69) is 5.43 Å². The van der Waals surface area contributed by atoms with Crippen LogP contribution in [0.4, 0.5) is 0 Å². The van der Waals surface area contributed by atoms with Crippen LogP contribution in [0, 0.1) is 0 Å². The molecule has 0 bridgehead atoms. The topological polar surface area (TPSA) is 75.7 Å². The Bertz CT molecular complexity index is 580. The van der Waals surface area contributed by atoms with Crippen LogP contribution in [0.25, 0.3) is 0 Å². The quantitative estimate of drug-likeness (QED) is 0.855. The molecule has 2 heterocycles. The molecule has 0 unspecified atom stereocenters. The zero-order valence-electron chi connectivity index (χ0n) is 11.8. The molecule has 1 aliphatic heterocycles. The largest absolute Gasteiger partial charge is 0.464 e. The molecule has 0 aromatic carbocycles. The second-order valence-electron chi connectivity index (χ2n) is 4.59. The number of nitrogens with one attached hydrogen (secondary N) is 1. The number of carbonyl (C=O) groups excluding carboxylic acids is 3. The SMILES string of the molecule is CCOC(=O)[C@H]1CC(C)=CC(=O)N1NC(=O)c1cccs1. The molecule has 1 aromatic heterocycles. The maximum absolute atomic E-state index is 12.1. The lowest BCUT2D eigenvalue weighted by Gasteiger charge is -2.32. The summed E-state index contributed by atoms with van der Waals surface area (Å²) in [4.78, 5) is 36.6. The highest BCUT2D eigenvalue weighted by Gasteiger charge is 2.35. The lowest BCUT2D eigenvalue weighted by molar-refractivity contribution is -0.155. The van der Waals surface area contributed by atoms with E-state index >= 15 is 0 Å². The summed E-state index contributed by atoms with van der Waals surface area (Å²) >= 11 is 1.26. The van der Waals surface area contributed by atoms with Crippen LogP contribution in [0.15, 0.2) is 29.2 Å². The Balaban J connectivity index is 2.18. The molecule has 112 valence electrons. The maximum Gasteiger partial charge on any atom is 0.331 e. The number of rotatable bonds is 4. The number of nitrogens with zero attached hydrogens (tertiary/aromatic N) is 1. The first kappa shape index (κ1) is 15.2. The number of hydrogen-bond donors (Lipinski definition) is 1. The second-order valence-corrected chi connectivity index (χ2v) is 5.54. The summed E-state index contributed by atoms with van der Waals surface area (Å²) in [5.41, 5.74) is 3.27. The average molecular weight is 308 g/mol. The molecule has 0 saturated carbocycles. The summed E-state index contributed by atoms with van der Waals surface area (Å²) in [6.45, 7) is 3.68. The van der Waals surface area contributed by atoms with Crippen LogP contribution in [-0.4, -0.2) is 35.4 Å². The zero-order chi connectivity index (χ0) is 15.4. The Kier molecular flexibility index (Phi) is 4.74. The molecule has 0 saturated heterocycles. The van der Waals surface area contributed by atoms with Crippen molar-refractivity contribution in [1.82, 2.24) is 10.4 Å². The van der Waals surface area contributed by atoms with E-state index in [1.54, 1.807) is 31.4 Å². The van der Waals surface area contributed by atoms with Gasteiger partial charge in [0.05, 0.1) is 11.5 Å². The van der Waals surface area contributed by atoms with E-state index in [4.69, 9.17) is 4.74 Å². The van der Waals surface area contributed by atoms with E-state index in [0.717, 1.165) is 10.6 Å². The van der Waals surface area contributed by atoms with E-state index in [1.165, 1.54) is 17.4 Å². The Morgan fingerprint density at radius 1 is 1.52 bits per heavy atom. The van der Waals surface area contributed by atoms with Crippen molar-refractivity contribution in [2.75, 3.05) is 6.61 Å². The van der Waals surface area contributed by atoms with E-state index in [-0.39, 0.29) is 6.61 Å². The number of esters is 1. The van der Waals surface area contributed by atoms with Crippen molar-refractivity contribution in [3.63, 3.8) is 0 Å². The fourth-order valence-electron chi connectivity index (χ4n) is 2.02. The monoisotopic (exact) mass is 308 g/mol. The van der Waals surface area contributed by atoms with Gasteiger partial charge in [-0.1, -0.05) is 11.6 Å². The summed E-state index contributed by atoms with van der Waals surface area (Å²) in [5, 5.41) is 2.81. The van der Waals surface area contributed by atoms with Crippen LogP contribution in [0.5, 0.6) is 0 Å². The minimum absolute atomic E-state index is 0.221. The van der Waals surface area contributed by atoms with Gasteiger partial charge in [-0.3, -0.25) is 15.0 Å². The van der Waals surface area contributed by atoms with Gasteiger partial charge in [0.2, 0.25) is 0 Å². The molecule has 21 heavy (non-hydrogen) atoms. The Hall–Kier alpha value is -2.15. The molecule has 1 N–H and O–H groups in total. The number of ether oxygens (including phenoxy) is 1. The smallest absolute Gasteiger partial charge is 0.331 e. The standard InChI is InChI=1S/C14H16N2O4S/c1-3-20-14(19)10-7-9(2)8-12(17)16(10)15-13(18)11-5-4-6-21-11/h4-6,8,10H,3,7H2,1-2H3,(H,15,18)/t10-/m1/s1. The van der Waals surface area contributed by atoms with Crippen molar-refractivity contribution in [3.8, 4) is 0 Å². The van der Waals surface area contributed by atoms with Crippen molar-refractivity contribution in [3.05, 3.63) is 34.0 Å². The van der Waals surface area contributed by atoms with Gasteiger partial charge in [-0.15, -0.1) is 11.3 Å². The van der Waals surface area contributed by atoms with Gasteiger partial charge < -0.3 is 4.74 Å². The highest BCUT2D eigenvalue weighted by atomic mass is 32.1. The molecule has 0 spiro atoms. The third kappa shape index (κ3) is 3.49. The number of hydrazine groups is 1. The minimum Gasteiger partial charge on any atom is -0.464 e. The van der Waals surface area contributed by atoms with Crippen LogP contribution >= 0.6 is 11.3 Å². The van der Waals surface area contributed by atoms with Gasteiger partial charge in [-0.05, 0) is 25.3 Å². The number of hydrogen-bond acceptors (Lipinski definition) is 5. The van der Waals surface area contributed by atoms with Crippen molar-refractivity contribution >= 4 is 29.1 Å². The second kappa shape index (κ2) is 6.53. The average Bonchev–Trinajstić information content (AvgIpc) is 2.95. The van der Waals surface area contributed by atoms with Gasteiger partial charge in [0.25, 0.3) is 11.8 Å². The van der Waals surface area contributed by atoms with Gasteiger partial charge >= 0.3 is 5.97 Å². The Labute approximate surface area is 126 Å². The van der Waals surface area contributed by atoms with Gasteiger partial charge in [-0.25, -0.2) is 9.80 Å². The summed E-state index contributed by atoms with van der Waals surface area (Å²) in [5.74, 6) is -1.37. The van der Waals surface area contributed by atoms with Gasteiger partial charge in [0, 0.05) is 12.5 Å². The molecule has 0 aliphatic carbocycles. The third-order valence-corrected chi connectivity index (χ3v) is 3.83. The first-order valence-corrected chi connectivity index (χ1v) is 7.42. The lowest BCUT2D eigenvalue weighted by atomic mass is 10.0. The van der Waals surface area contributed by atoms with E-state index < -0.39 is 23.8 Å². The molecule has 0 fully saturated rings. The van der Waals surface area contributed by atoms with Gasteiger partial charge in [-0.2, -0.15) is 0 Å². The summed E-state index contributed by atoms with van der Waals surface area (Å²) in [6.07, 6.45) is 1.75. The molecule has 6 nitrogen and oxygen atoms in total. The molecule has 2 rings (SSSR count). The van der Waals surface area contributed by atoms with E-state index in [0.29, 0.717) is 11.3 Å². The summed E-state index contributed by atoms with van der Waals surface area (Å²) in [6, 6.07) is 2.56. The highest BCUT2D eigenvalue weighted by molar-refractivity contribution is 7.12. The maximum atomic E-state index is 12.1. The highest BCUT2D eigenvalue weighted by Crippen LogP contribution is 2.19. The minimum atomic E-state index is -0.827. The zero-order valence-corrected chi connectivity index (χ0v) is 12.6. The molecule has 1 aliphatic rings. The van der Waals surface area contributed by atoms with E-state index in [9.17, 15) is 14.4 Å². The van der Waals surface area contributed by atoms with Crippen molar-refractivity contribution in [2.24, 2.45) is 0 Å². The molecule has 7 heteroatoms. The van der Waals surface area contributed by atoms with Gasteiger partial charge in [0.15, 0.2) is 6.04 Å². The Morgan fingerprint density at radius 3 is 2.90 bits per heavy atom. The van der Waals surface area contributed by atoms with Crippen molar-refractivity contribution < 1.29 is 19.1 Å². The molecular weight excluding hydrogens is 292 g/mol. The first-order chi connectivity index (χ1) is 10.0. The lowest BCUT2D eigenvalue weighted by Crippen LogP contribution is -2.56. The first-order valence-electron chi connectivity index (χ1n) is 6.54. The van der Waals surface area contributed by atoms with Crippen LogP contribution < -0.4 is 5.43 Å². The van der Waals surface area contributed by atoms with Crippen LogP contribution in [0.3, 0.4) is 0 Å². The predicted molar refractivity (Wildman–Crippen MR) is 77.4 cm³/mol. The van der Waals surface area contributed by atoms with Crippen molar-refractivity contribution in [2.45, 2.75) is 26.3 Å². The van der Waals surface area contributed by atoms with E-state index in [1.807, 2.05) is 0 Å². The van der Waals surface area contributed by atoms with Crippen molar-refractivity contribution in [1.29, 1.82) is 0 Å². The number of thiophene rings is 1. The third-order valence-electron chi connectivity index (χ3n) is 2.96. The number of carbonyl (C=O) groups is 3. The molecule has 1 atom stereocenters. The molecular formula is C14H16N2O4S. The summed E-state index contributed by atoms with van der Waals surface area (Å²) in [7, 11) is 0. The molecule has 2 amide bonds. The van der Waals surface area contributed by atoms with Crippen LogP contribution in [0.1, 0.15) is 29.9 Å². The fraction of sp³-hybridized carbons (Fsp3) is 0.357. The number of amides is 2. The fourth-order valence-corrected chi connectivity index (χ4v) is 2.64.